The van der Waals surface area contributed by atoms with E-state index in [-0.39, 0.29) is 12.0 Å². The Hall–Kier alpha value is -2.02. The highest BCUT2D eigenvalue weighted by Gasteiger charge is 2.13. The fourth-order valence-electron chi connectivity index (χ4n) is 1.71. The Balaban J connectivity index is 2.13. The molecule has 2 aromatic rings. The Morgan fingerprint density at radius 2 is 2.09 bits per heavy atom. The number of amides is 1. The van der Waals surface area contributed by atoms with E-state index in [1.54, 1.807) is 19.0 Å². The molecule has 22 heavy (non-hydrogen) atoms. The van der Waals surface area contributed by atoms with Gasteiger partial charge in [0.05, 0.1) is 17.4 Å². The predicted molar refractivity (Wildman–Crippen MR) is 87.0 cm³/mol. The summed E-state index contributed by atoms with van der Waals surface area (Å²) in [5.41, 5.74) is 0.856. The minimum Gasteiger partial charge on any atom is -0.490 e. The summed E-state index contributed by atoms with van der Waals surface area (Å²) in [6, 6.07) is 7.67. The molecule has 0 bridgehead atoms. The van der Waals surface area contributed by atoms with Crippen molar-refractivity contribution < 1.29 is 9.53 Å². The Morgan fingerprint density at radius 1 is 1.36 bits per heavy atom. The molecule has 0 spiro atoms. The number of aromatic nitrogens is 3. The number of nitrogens with zero attached hydrogens (tertiary/aromatic N) is 3. The first-order valence-electron chi connectivity index (χ1n) is 6.98. The molecule has 2 rings (SSSR count). The van der Waals surface area contributed by atoms with Crippen LogP contribution in [0.4, 0.5) is 0 Å². The number of hydrogen-bond acceptors (Lipinski definition) is 5. The number of benzene rings is 1. The Morgan fingerprint density at radius 3 is 2.77 bits per heavy atom. The fourth-order valence-corrected chi connectivity index (χ4v) is 2.48. The van der Waals surface area contributed by atoms with Gasteiger partial charge in [-0.05, 0) is 26.0 Å². The zero-order valence-corrected chi connectivity index (χ0v) is 14.0. The van der Waals surface area contributed by atoms with Crippen LogP contribution in [0, 0.1) is 0 Å². The molecular formula is C15H20N4O2S. The van der Waals surface area contributed by atoms with E-state index in [4.69, 9.17) is 4.74 Å². The van der Waals surface area contributed by atoms with Gasteiger partial charge in [-0.25, -0.2) is 4.98 Å². The lowest BCUT2D eigenvalue weighted by Gasteiger charge is -2.12. The molecule has 1 aromatic heterocycles. The normalized spacial score (nSPS) is 10.8. The lowest BCUT2D eigenvalue weighted by molar-refractivity contribution is -0.125. The molecular weight excluding hydrogens is 300 g/mol. The maximum Gasteiger partial charge on any atom is 0.232 e. The summed E-state index contributed by atoms with van der Waals surface area (Å²) < 4.78 is 5.78. The SMILES string of the molecule is CC(C)Oc1ccccc1-c1nc(SCC(=O)N(C)C)n[nH]1. The van der Waals surface area contributed by atoms with Gasteiger partial charge in [-0.3, -0.25) is 9.89 Å². The van der Waals surface area contributed by atoms with Gasteiger partial charge < -0.3 is 9.64 Å². The van der Waals surface area contributed by atoms with Crippen LogP contribution in [-0.2, 0) is 4.79 Å². The third-order valence-corrected chi connectivity index (χ3v) is 3.63. The van der Waals surface area contributed by atoms with Crippen LogP contribution in [-0.4, -0.2) is 51.9 Å². The van der Waals surface area contributed by atoms with Crippen LogP contribution >= 0.6 is 11.8 Å². The van der Waals surface area contributed by atoms with Crippen molar-refractivity contribution in [3.8, 4) is 17.1 Å². The van der Waals surface area contributed by atoms with Gasteiger partial charge in [0.1, 0.15) is 5.75 Å². The zero-order valence-electron chi connectivity index (χ0n) is 13.2. The van der Waals surface area contributed by atoms with E-state index in [1.165, 1.54) is 11.8 Å². The summed E-state index contributed by atoms with van der Waals surface area (Å²) in [6.45, 7) is 3.95. The van der Waals surface area contributed by atoms with Crippen molar-refractivity contribution in [3.63, 3.8) is 0 Å². The van der Waals surface area contributed by atoms with Crippen molar-refractivity contribution in [1.29, 1.82) is 0 Å². The predicted octanol–water partition coefficient (Wildman–Crippen LogP) is 2.44. The van der Waals surface area contributed by atoms with E-state index in [0.717, 1.165) is 11.3 Å². The second kappa shape index (κ2) is 7.31. The number of para-hydroxylation sites is 1. The molecule has 7 heteroatoms. The molecule has 1 heterocycles. The molecule has 1 amide bonds. The van der Waals surface area contributed by atoms with Crippen LogP contribution in [0.3, 0.4) is 0 Å². The molecule has 0 aliphatic carbocycles. The van der Waals surface area contributed by atoms with E-state index in [0.29, 0.717) is 16.7 Å². The van der Waals surface area contributed by atoms with Crippen LogP contribution in [0.15, 0.2) is 29.4 Å². The first-order chi connectivity index (χ1) is 10.5. The Labute approximate surface area is 134 Å². The monoisotopic (exact) mass is 320 g/mol. The largest absolute Gasteiger partial charge is 0.490 e. The van der Waals surface area contributed by atoms with Crippen molar-refractivity contribution in [3.05, 3.63) is 24.3 Å². The van der Waals surface area contributed by atoms with Gasteiger partial charge in [0.2, 0.25) is 11.1 Å². The number of carbonyl (C=O) groups is 1. The van der Waals surface area contributed by atoms with E-state index < -0.39 is 0 Å². The number of carbonyl (C=O) groups excluding carboxylic acids is 1. The molecule has 6 nitrogen and oxygen atoms in total. The van der Waals surface area contributed by atoms with Crippen LogP contribution in [0.25, 0.3) is 11.4 Å². The van der Waals surface area contributed by atoms with E-state index in [1.807, 2.05) is 38.1 Å². The molecule has 1 aromatic carbocycles. The third kappa shape index (κ3) is 4.24. The number of H-pyrrole nitrogens is 1. The van der Waals surface area contributed by atoms with E-state index >= 15 is 0 Å². The molecule has 0 saturated carbocycles. The van der Waals surface area contributed by atoms with Gasteiger partial charge in [0.15, 0.2) is 5.82 Å². The van der Waals surface area contributed by atoms with E-state index in [2.05, 4.69) is 15.2 Å². The standard InChI is InChI=1S/C15H20N4O2S/c1-10(2)21-12-8-6-5-7-11(12)14-16-15(18-17-14)22-9-13(20)19(3)4/h5-8,10H,9H2,1-4H3,(H,16,17,18). The lowest BCUT2D eigenvalue weighted by atomic mass is 10.2. The number of aromatic amines is 1. The van der Waals surface area contributed by atoms with Gasteiger partial charge in [0, 0.05) is 14.1 Å². The first-order valence-corrected chi connectivity index (χ1v) is 7.97. The molecule has 0 saturated heterocycles. The second-order valence-electron chi connectivity index (χ2n) is 5.21. The molecule has 0 aliphatic heterocycles. The minimum absolute atomic E-state index is 0.0277. The maximum absolute atomic E-state index is 11.6. The number of ether oxygens (including phenoxy) is 1. The molecule has 0 fully saturated rings. The highest BCUT2D eigenvalue weighted by molar-refractivity contribution is 7.99. The highest BCUT2D eigenvalue weighted by Crippen LogP contribution is 2.29. The fraction of sp³-hybridized carbons (Fsp3) is 0.400. The quantitative estimate of drug-likeness (QED) is 0.828. The average molecular weight is 320 g/mol. The number of thioether (sulfide) groups is 1. The highest BCUT2D eigenvalue weighted by atomic mass is 32.2. The van der Waals surface area contributed by atoms with E-state index in [9.17, 15) is 4.79 Å². The summed E-state index contributed by atoms with van der Waals surface area (Å²) >= 11 is 1.31. The molecule has 0 aliphatic rings. The Bertz CT molecular complexity index is 640. The summed E-state index contributed by atoms with van der Waals surface area (Å²) in [7, 11) is 3.46. The lowest BCUT2D eigenvalue weighted by Crippen LogP contribution is -2.23. The molecule has 0 atom stereocenters. The summed E-state index contributed by atoms with van der Waals surface area (Å²) in [5, 5.41) is 7.59. The minimum atomic E-state index is 0.0277. The summed E-state index contributed by atoms with van der Waals surface area (Å²) in [4.78, 5) is 17.6. The second-order valence-corrected chi connectivity index (χ2v) is 6.15. The molecule has 1 N–H and O–H groups in total. The van der Waals surface area contributed by atoms with Gasteiger partial charge in [-0.2, -0.15) is 0 Å². The number of nitrogens with one attached hydrogen (secondary N) is 1. The molecule has 0 unspecified atom stereocenters. The van der Waals surface area contributed by atoms with Crippen LogP contribution in [0.1, 0.15) is 13.8 Å². The van der Waals surface area contributed by atoms with Crippen molar-refractivity contribution >= 4 is 17.7 Å². The molecule has 0 radical (unpaired) electrons. The first kappa shape index (κ1) is 16.4. The smallest absolute Gasteiger partial charge is 0.232 e. The van der Waals surface area contributed by atoms with Gasteiger partial charge in [0.25, 0.3) is 0 Å². The topological polar surface area (TPSA) is 71.1 Å². The number of rotatable bonds is 6. The van der Waals surface area contributed by atoms with Crippen LogP contribution in [0.5, 0.6) is 5.75 Å². The zero-order chi connectivity index (χ0) is 16.1. The van der Waals surface area contributed by atoms with Crippen LogP contribution in [0.2, 0.25) is 0 Å². The average Bonchev–Trinajstić information content (AvgIpc) is 2.93. The maximum atomic E-state index is 11.6. The summed E-state index contributed by atoms with van der Waals surface area (Å²) in [6.07, 6.45) is 0.0793. The van der Waals surface area contributed by atoms with Gasteiger partial charge >= 0.3 is 0 Å². The van der Waals surface area contributed by atoms with Gasteiger partial charge in [-0.1, -0.05) is 23.9 Å². The van der Waals surface area contributed by atoms with Crippen LogP contribution < -0.4 is 4.74 Å². The van der Waals surface area contributed by atoms with Crippen molar-refractivity contribution in [1.82, 2.24) is 20.1 Å². The van der Waals surface area contributed by atoms with Crippen molar-refractivity contribution in [2.75, 3.05) is 19.8 Å². The third-order valence-electron chi connectivity index (χ3n) is 2.79. The summed E-state index contributed by atoms with van der Waals surface area (Å²) in [5.74, 6) is 1.74. The van der Waals surface area contributed by atoms with Crippen molar-refractivity contribution in [2.45, 2.75) is 25.1 Å². The molecule has 118 valence electrons. The van der Waals surface area contributed by atoms with Gasteiger partial charge in [-0.15, -0.1) is 5.10 Å². The Kier molecular flexibility index (Phi) is 5.43. The number of hydrogen-bond donors (Lipinski definition) is 1. The van der Waals surface area contributed by atoms with Crippen molar-refractivity contribution in [2.24, 2.45) is 0 Å².